The number of carbonyl (C=O) groups is 2. The number of rotatable bonds is 3. The summed E-state index contributed by atoms with van der Waals surface area (Å²) in [5, 5.41) is 6.08. The number of hydrogen-bond donors (Lipinski definition) is 2. The highest BCUT2D eigenvalue weighted by Gasteiger charge is 2.25. The van der Waals surface area contributed by atoms with Crippen molar-refractivity contribution in [2.45, 2.75) is 32.2 Å². The minimum Gasteiger partial charge on any atom is -0.384 e. The zero-order chi connectivity index (χ0) is 14.8. The Hall–Kier alpha value is -2.04. The van der Waals surface area contributed by atoms with Gasteiger partial charge < -0.3 is 15.5 Å². The van der Waals surface area contributed by atoms with Crippen LogP contribution in [-0.2, 0) is 11.2 Å². The summed E-state index contributed by atoms with van der Waals surface area (Å²) in [7, 11) is 0. The van der Waals surface area contributed by atoms with Gasteiger partial charge in [0.2, 0.25) is 5.91 Å². The van der Waals surface area contributed by atoms with E-state index in [4.69, 9.17) is 0 Å². The predicted octanol–water partition coefficient (Wildman–Crippen LogP) is 1.40. The number of anilines is 1. The molecule has 1 aromatic rings. The molecule has 112 valence electrons. The number of benzene rings is 1. The molecule has 1 aromatic carbocycles. The first-order chi connectivity index (χ1) is 10.1. The van der Waals surface area contributed by atoms with Crippen LogP contribution in [0.1, 0.15) is 35.7 Å². The van der Waals surface area contributed by atoms with Crippen molar-refractivity contribution < 1.29 is 9.59 Å². The van der Waals surface area contributed by atoms with Gasteiger partial charge in [0.25, 0.3) is 5.91 Å². The molecule has 1 atom stereocenters. The fourth-order valence-corrected chi connectivity index (χ4v) is 3.00. The molecule has 0 spiro atoms. The summed E-state index contributed by atoms with van der Waals surface area (Å²) in [5.41, 5.74) is 2.90. The Morgan fingerprint density at radius 1 is 1.29 bits per heavy atom. The average Bonchev–Trinajstić information content (AvgIpc) is 3.16. The van der Waals surface area contributed by atoms with Crippen LogP contribution in [0.3, 0.4) is 0 Å². The number of nitrogens with zero attached hydrogens (tertiary/aromatic N) is 1. The van der Waals surface area contributed by atoms with Gasteiger partial charge in [0.15, 0.2) is 0 Å². The molecule has 2 aliphatic heterocycles. The fourth-order valence-electron chi connectivity index (χ4n) is 3.00. The van der Waals surface area contributed by atoms with Gasteiger partial charge in [-0.15, -0.1) is 0 Å². The van der Waals surface area contributed by atoms with E-state index < -0.39 is 6.04 Å². The molecule has 1 saturated heterocycles. The molecule has 3 rings (SSSR count). The van der Waals surface area contributed by atoms with Gasteiger partial charge in [-0.05, 0) is 49.9 Å². The summed E-state index contributed by atoms with van der Waals surface area (Å²) in [6.45, 7) is 4.30. The van der Waals surface area contributed by atoms with Crippen LogP contribution in [0.15, 0.2) is 18.2 Å². The summed E-state index contributed by atoms with van der Waals surface area (Å²) in [6, 6.07) is 5.18. The van der Waals surface area contributed by atoms with Crippen LogP contribution in [0.4, 0.5) is 5.69 Å². The molecule has 0 aliphatic carbocycles. The van der Waals surface area contributed by atoms with Gasteiger partial charge in [0.1, 0.15) is 6.04 Å². The van der Waals surface area contributed by atoms with Gasteiger partial charge >= 0.3 is 0 Å². The topological polar surface area (TPSA) is 61.4 Å². The Labute approximate surface area is 124 Å². The number of carbonyl (C=O) groups excluding carboxylic acids is 2. The summed E-state index contributed by atoms with van der Waals surface area (Å²) < 4.78 is 0. The lowest BCUT2D eigenvalue weighted by molar-refractivity contribution is -0.131. The highest BCUT2D eigenvalue weighted by atomic mass is 16.2. The van der Waals surface area contributed by atoms with Crippen LogP contribution in [-0.4, -0.2) is 42.4 Å². The first kappa shape index (κ1) is 13.9. The lowest BCUT2D eigenvalue weighted by Gasteiger charge is -2.21. The van der Waals surface area contributed by atoms with Gasteiger partial charge in [-0.3, -0.25) is 9.59 Å². The molecule has 2 amide bonds. The number of likely N-dealkylation sites (tertiary alicyclic amines) is 1. The van der Waals surface area contributed by atoms with Crippen LogP contribution in [0.5, 0.6) is 0 Å². The third-order valence-electron chi connectivity index (χ3n) is 4.21. The van der Waals surface area contributed by atoms with Crippen molar-refractivity contribution in [2.24, 2.45) is 0 Å². The van der Waals surface area contributed by atoms with Crippen LogP contribution in [0.2, 0.25) is 0 Å². The SMILES string of the molecule is CC(NC(=O)c1ccc2c(c1)CCN2)C(=O)N1CCCC1. The summed E-state index contributed by atoms with van der Waals surface area (Å²) >= 11 is 0. The van der Waals surface area contributed by atoms with E-state index in [9.17, 15) is 9.59 Å². The number of fused-ring (bicyclic) bond motifs is 1. The van der Waals surface area contributed by atoms with E-state index in [1.807, 2.05) is 17.0 Å². The first-order valence-corrected chi connectivity index (χ1v) is 7.61. The highest BCUT2D eigenvalue weighted by molar-refractivity contribution is 5.98. The second kappa shape index (κ2) is 5.76. The van der Waals surface area contributed by atoms with E-state index in [2.05, 4.69) is 10.6 Å². The summed E-state index contributed by atoms with van der Waals surface area (Å²) in [6.07, 6.45) is 3.06. The quantitative estimate of drug-likeness (QED) is 0.883. The van der Waals surface area contributed by atoms with E-state index in [0.29, 0.717) is 5.56 Å². The van der Waals surface area contributed by atoms with Crippen molar-refractivity contribution in [3.05, 3.63) is 29.3 Å². The minimum atomic E-state index is -0.470. The van der Waals surface area contributed by atoms with Gasteiger partial charge in [-0.1, -0.05) is 0 Å². The van der Waals surface area contributed by atoms with Gasteiger partial charge in [-0.25, -0.2) is 0 Å². The molecule has 0 saturated carbocycles. The molecule has 0 radical (unpaired) electrons. The lowest BCUT2D eigenvalue weighted by atomic mass is 10.1. The Morgan fingerprint density at radius 3 is 2.81 bits per heavy atom. The van der Waals surface area contributed by atoms with Crippen LogP contribution in [0, 0.1) is 0 Å². The standard InChI is InChI=1S/C16H21N3O2/c1-11(16(21)19-8-2-3-9-19)18-15(20)13-4-5-14-12(10-13)6-7-17-14/h4-5,10-11,17H,2-3,6-9H2,1H3,(H,18,20). The number of amides is 2. The van der Waals surface area contributed by atoms with Crippen molar-refractivity contribution in [1.82, 2.24) is 10.2 Å². The number of hydrogen-bond acceptors (Lipinski definition) is 3. The Balaban J connectivity index is 1.64. The molecule has 1 unspecified atom stereocenters. The second-order valence-corrected chi connectivity index (χ2v) is 5.78. The second-order valence-electron chi connectivity index (χ2n) is 5.78. The van der Waals surface area contributed by atoms with Crippen molar-refractivity contribution in [1.29, 1.82) is 0 Å². The van der Waals surface area contributed by atoms with E-state index in [1.165, 1.54) is 5.56 Å². The largest absolute Gasteiger partial charge is 0.384 e. The maximum absolute atomic E-state index is 12.3. The number of nitrogens with one attached hydrogen (secondary N) is 2. The zero-order valence-electron chi connectivity index (χ0n) is 12.3. The van der Waals surface area contributed by atoms with Gasteiger partial charge in [0, 0.05) is 30.9 Å². The Bertz CT molecular complexity index is 565. The van der Waals surface area contributed by atoms with E-state index >= 15 is 0 Å². The smallest absolute Gasteiger partial charge is 0.251 e. The lowest BCUT2D eigenvalue weighted by Crippen LogP contribution is -2.45. The molecule has 2 heterocycles. The van der Waals surface area contributed by atoms with E-state index in [-0.39, 0.29) is 11.8 Å². The van der Waals surface area contributed by atoms with Crippen LogP contribution < -0.4 is 10.6 Å². The van der Waals surface area contributed by atoms with Crippen LogP contribution >= 0.6 is 0 Å². The molecule has 0 bridgehead atoms. The minimum absolute atomic E-state index is 0.0173. The van der Waals surface area contributed by atoms with Crippen molar-refractivity contribution in [3.8, 4) is 0 Å². The average molecular weight is 287 g/mol. The first-order valence-electron chi connectivity index (χ1n) is 7.61. The van der Waals surface area contributed by atoms with Gasteiger partial charge in [0.05, 0.1) is 0 Å². The Kier molecular flexibility index (Phi) is 3.82. The third-order valence-corrected chi connectivity index (χ3v) is 4.21. The summed E-state index contributed by atoms with van der Waals surface area (Å²) in [5.74, 6) is -0.159. The van der Waals surface area contributed by atoms with E-state index in [1.54, 1.807) is 13.0 Å². The molecule has 2 N–H and O–H groups in total. The maximum atomic E-state index is 12.3. The van der Waals surface area contributed by atoms with Crippen molar-refractivity contribution >= 4 is 17.5 Å². The highest BCUT2D eigenvalue weighted by Crippen LogP contribution is 2.23. The molecular weight excluding hydrogens is 266 g/mol. The molecular formula is C16H21N3O2. The molecule has 5 nitrogen and oxygen atoms in total. The molecule has 0 aromatic heterocycles. The maximum Gasteiger partial charge on any atom is 0.251 e. The summed E-state index contributed by atoms with van der Waals surface area (Å²) in [4.78, 5) is 26.3. The Morgan fingerprint density at radius 2 is 2.05 bits per heavy atom. The zero-order valence-corrected chi connectivity index (χ0v) is 12.3. The predicted molar refractivity (Wildman–Crippen MR) is 81.4 cm³/mol. The van der Waals surface area contributed by atoms with E-state index in [0.717, 1.165) is 44.6 Å². The third kappa shape index (κ3) is 2.86. The van der Waals surface area contributed by atoms with Gasteiger partial charge in [-0.2, -0.15) is 0 Å². The monoisotopic (exact) mass is 287 g/mol. The van der Waals surface area contributed by atoms with Crippen LogP contribution in [0.25, 0.3) is 0 Å². The molecule has 1 fully saturated rings. The fraction of sp³-hybridized carbons (Fsp3) is 0.500. The van der Waals surface area contributed by atoms with Crippen molar-refractivity contribution in [2.75, 3.05) is 25.0 Å². The normalized spacial score (nSPS) is 18.0. The molecule has 2 aliphatic rings. The molecule has 5 heteroatoms. The van der Waals surface area contributed by atoms with Crippen molar-refractivity contribution in [3.63, 3.8) is 0 Å². The molecule has 21 heavy (non-hydrogen) atoms.